The summed E-state index contributed by atoms with van der Waals surface area (Å²) in [6.45, 7) is -0.0780. The van der Waals surface area contributed by atoms with E-state index in [1.165, 1.54) is 0 Å². The van der Waals surface area contributed by atoms with Crippen LogP contribution in [0.2, 0.25) is 10.0 Å². The summed E-state index contributed by atoms with van der Waals surface area (Å²) in [6.07, 6.45) is 3.12. The molecule has 2 aromatic rings. The molecule has 92 valence electrons. The summed E-state index contributed by atoms with van der Waals surface area (Å²) in [5, 5.41) is 0.901. The van der Waals surface area contributed by atoms with E-state index in [-0.39, 0.29) is 12.4 Å². The number of carbonyl (C=O) groups excluding carboxylic acids is 1. The predicted octanol–water partition coefficient (Wildman–Crippen LogP) is 3.65. The molecule has 1 aromatic heterocycles. The van der Waals surface area contributed by atoms with Gasteiger partial charge in [-0.15, -0.1) is 0 Å². The minimum absolute atomic E-state index is 0.0780. The highest BCUT2D eigenvalue weighted by atomic mass is 35.5. The number of nitrogens with zero attached hydrogens (tertiary/aromatic N) is 1. The van der Waals surface area contributed by atoms with Crippen LogP contribution in [-0.2, 0) is 0 Å². The number of halogens is 2. The SMILES string of the molecule is O=C(COc1ccc(Cl)cc1Cl)c1ccncc1. The van der Waals surface area contributed by atoms with Crippen LogP contribution >= 0.6 is 23.2 Å². The molecule has 2 rings (SSSR count). The maximum absolute atomic E-state index is 11.8. The zero-order chi connectivity index (χ0) is 13.0. The number of aromatic nitrogens is 1. The van der Waals surface area contributed by atoms with Gasteiger partial charge in [0.05, 0.1) is 5.02 Å². The molecule has 0 aliphatic carbocycles. The number of ether oxygens (including phenoxy) is 1. The number of hydrogen-bond donors (Lipinski definition) is 0. The first-order valence-corrected chi connectivity index (χ1v) is 5.93. The molecular weight excluding hydrogens is 273 g/mol. The number of Topliss-reactive ketones (excluding diaryl/α,β-unsaturated/α-hetero) is 1. The number of pyridine rings is 1. The number of hydrogen-bond acceptors (Lipinski definition) is 3. The van der Waals surface area contributed by atoms with E-state index in [2.05, 4.69) is 4.98 Å². The topological polar surface area (TPSA) is 39.2 Å². The van der Waals surface area contributed by atoms with Gasteiger partial charge in [0, 0.05) is 23.0 Å². The highest BCUT2D eigenvalue weighted by Gasteiger charge is 2.08. The summed E-state index contributed by atoms with van der Waals surface area (Å²) in [4.78, 5) is 15.6. The summed E-state index contributed by atoms with van der Waals surface area (Å²) < 4.78 is 5.35. The molecule has 0 aliphatic rings. The lowest BCUT2D eigenvalue weighted by Gasteiger charge is -2.07. The van der Waals surface area contributed by atoms with E-state index in [1.807, 2.05) is 0 Å². The second-order valence-corrected chi connectivity index (χ2v) is 4.37. The van der Waals surface area contributed by atoms with Gasteiger partial charge in [0.1, 0.15) is 5.75 Å². The Bertz CT molecular complexity index is 558. The number of benzene rings is 1. The number of carbonyl (C=O) groups is 1. The van der Waals surface area contributed by atoms with Crippen LogP contribution in [0.4, 0.5) is 0 Å². The number of rotatable bonds is 4. The van der Waals surface area contributed by atoms with Crippen molar-refractivity contribution in [2.24, 2.45) is 0 Å². The zero-order valence-corrected chi connectivity index (χ0v) is 10.8. The molecule has 0 spiro atoms. The first kappa shape index (κ1) is 12.9. The smallest absolute Gasteiger partial charge is 0.200 e. The van der Waals surface area contributed by atoms with Gasteiger partial charge < -0.3 is 4.74 Å². The summed E-state index contributed by atoms with van der Waals surface area (Å²) in [5.74, 6) is 0.298. The van der Waals surface area contributed by atoms with Crippen molar-refractivity contribution in [1.29, 1.82) is 0 Å². The maximum atomic E-state index is 11.8. The van der Waals surface area contributed by atoms with Crippen LogP contribution in [0, 0.1) is 0 Å². The molecule has 0 unspecified atom stereocenters. The standard InChI is InChI=1S/C13H9Cl2NO2/c14-10-1-2-13(11(15)7-10)18-8-12(17)9-3-5-16-6-4-9/h1-7H,8H2. The summed E-state index contributed by atoms with van der Waals surface area (Å²) in [5.41, 5.74) is 0.551. The van der Waals surface area contributed by atoms with Crippen molar-refractivity contribution in [3.63, 3.8) is 0 Å². The van der Waals surface area contributed by atoms with Crippen molar-refractivity contribution in [3.05, 3.63) is 58.3 Å². The molecule has 3 nitrogen and oxygen atoms in total. The largest absolute Gasteiger partial charge is 0.484 e. The van der Waals surface area contributed by atoms with Crippen LogP contribution in [0.3, 0.4) is 0 Å². The number of ketones is 1. The lowest BCUT2D eigenvalue weighted by atomic mass is 10.2. The van der Waals surface area contributed by atoms with Gasteiger partial charge in [0.15, 0.2) is 12.4 Å². The predicted molar refractivity (Wildman–Crippen MR) is 70.5 cm³/mol. The summed E-state index contributed by atoms with van der Waals surface area (Å²) in [6, 6.07) is 8.11. The van der Waals surface area contributed by atoms with Gasteiger partial charge in [0.2, 0.25) is 0 Å². The van der Waals surface area contributed by atoms with E-state index in [0.29, 0.717) is 21.4 Å². The quantitative estimate of drug-likeness (QED) is 0.803. The fraction of sp³-hybridized carbons (Fsp3) is 0.0769. The average Bonchev–Trinajstić information content (AvgIpc) is 2.38. The minimum Gasteiger partial charge on any atom is -0.484 e. The summed E-state index contributed by atoms with van der Waals surface area (Å²) in [7, 11) is 0. The van der Waals surface area contributed by atoms with Gasteiger partial charge in [-0.2, -0.15) is 0 Å². The van der Waals surface area contributed by atoms with Gasteiger partial charge in [-0.3, -0.25) is 9.78 Å². The lowest BCUT2D eigenvalue weighted by molar-refractivity contribution is 0.0921. The molecule has 0 aliphatic heterocycles. The van der Waals surface area contributed by atoms with Crippen LogP contribution in [0.5, 0.6) is 5.75 Å². The Kier molecular flexibility index (Phi) is 4.18. The molecule has 0 radical (unpaired) electrons. The second kappa shape index (κ2) is 5.85. The second-order valence-electron chi connectivity index (χ2n) is 3.52. The van der Waals surface area contributed by atoms with Crippen LogP contribution < -0.4 is 4.74 Å². The third kappa shape index (κ3) is 3.22. The van der Waals surface area contributed by atoms with E-state index in [4.69, 9.17) is 27.9 Å². The Labute approximate surface area is 114 Å². The van der Waals surface area contributed by atoms with Crippen LogP contribution in [-0.4, -0.2) is 17.4 Å². The van der Waals surface area contributed by atoms with Crippen LogP contribution in [0.15, 0.2) is 42.7 Å². The molecule has 0 fully saturated rings. The van der Waals surface area contributed by atoms with E-state index in [1.54, 1.807) is 42.7 Å². The van der Waals surface area contributed by atoms with Gasteiger partial charge in [0.25, 0.3) is 0 Å². The first-order valence-electron chi connectivity index (χ1n) is 5.18. The highest BCUT2D eigenvalue weighted by Crippen LogP contribution is 2.27. The molecule has 0 amide bonds. The normalized spacial score (nSPS) is 10.1. The van der Waals surface area contributed by atoms with E-state index < -0.39 is 0 Å². The van der Waals surface area contributed by atoms with Gasteiger partial charge in [-0.05, 0) is 30.3 Å². The Balaban J connectivity index is 2.02. The third-order valence-corrected chi connectivity index (χ3v) is 2.79. The molecule has 5 heteroatoms. The fourth-order valence-electron chi connectivity index (χ4n) is 1.36. The highest BCUT2D eigenvalue weighted by molar-refractivity contribution is 6.35. The van der Waals surface area contributed by atoms with Crippen molar-refractivity contribution >= 4 is 29.0 Å². The Morgan fingerprint density at radius 1 is 1.17 bits per heavy atom. The molecule has 0 bridgehead atoms. The molecule has 1 heterocycles. The van der Waals surface area contributed by atoms with Crippen molar-refractivity contribution in [3.8, 4) is 5.75 Å². The first-order chi connectivity index (χ1) is 8.66. The van der Waals surface area contributed by atoms with E-state index >= 15 is 0 Å². The summed E-state index contributed by atoms with van der Waals surface area (Å²) >= 11 is 11.7. The van der Waals surface area contributed by atoms with E-state index in [9.17, 15) is 4.79 Å². The molecule has 0 atom stereocenters. The average molecular weight is 282 g/mol. The minimum atomic E-state index is -0.136. The van der Waals surface area contributed by atoms with Crippen molar-refractivity contribution in [2.45, 2.75) is 0 Å². The van der Waals surface area contributed by atoms with Crippen LogP contribution in [0.25, 0.3) is 0 Å². The van der Waals surface area contributed by atoms with Gasteiger partial charge in [-0.25, -0.2) is 0 Å². The molecule has 0 saturated heterocycles. The van der Waals surface area contributed by atoms with Gasteiger partial charge >= 0.3 is 0 Å². The molecule has 1 aromatic carbocycles. The zero-order valence-electron chi connectivity index (χ0n) is 9.27. The molecule has 0 saturated carbocycles. The maximum Gasteiger partial charge on any atom is 0.200 e. The van der Waals surface area contributed by atoms with Gasteiger partial charge in [-0.1, -0.05) is 23.2 Å². The molecular formula is C13H9Cl2NO2. The van der Waals surface area contributed by atoms with Crippen molar-refractivity contribution < 1.29 is 9.53 Å². The van der Waals surface area contributed by atoms with Crippen LogP contribution in [0.1, 0.15) is 10.4 Å². The van der Waals surface area contributed by atoms with E-state index in [0.717, 1.165) is 0 Å². The Hall–Kier alpha value is -1.58. The Morgan fingerprint density at radius 3 is 2.56 bits per heavy atom. The lowest BCUT2D eigenvalue weighted by Crippen LogP contribution is -2.11. The molecule has 18 heavy (non-hydrogen) atoms. The fourth-order valence-corrected chi connectivity index (χ4v) is 1.82. The third-order valence-electron chi connectivity index (χ3n) is 2.25. The van der Waals surface area contributed by atoms with Crippen molar-refractivity contribution in [2.75, 3.05) is 6.61 Å². The Morgan fingerprint density at radius 2 is 1.89 bits per heavy atom. The monoisotopic (exact) mass is 281 g/mol. The van der Waals surface area contributed by atoms with Crippen molar-refractivity contribution in [1.82, 2.24) is 4.98 Å². The molecule has 0 N–H and O–H groups in total.